The molecule has 1 aromatic heterocycles. The second-order valence-electron chi connectivity index (χ2n) is 4.91. The van der Waals surface area contributed by atoms with Gasteiger partial charge in [0.15, 0.2) is 0 Å². The molecular weight excluding hydrogens is 318 g/mol. The third kappa shape index (κ3) is 3.55. The summed E-state index contributed by atoms with van der Waals surface area (Å²) < 4.78 is 28.1. The van der Waals surface area contributed by atoms with Crippen molar-refractivity contribution in [3.05, 3.63) is 16.4 Å². The normalized spacial score (nSPS) is 16.4. The predicted octanol–water partition coefficient (Wildman–Crippen LogP) is 1.74. The first-order valence-electron chi connectivity index (χ1n) is 6.00. The lowest BCUT2D eigenvalue weighted by Crippen LogP contribution is -2.29. The first-order valence-corrected chi connectivity index (χ1v) is 8.41. The van der Waals surface area contributed by atoms with Crippen molar-refractivity contribution >= 4 is 26.0 Å². The molecule has 0 aliphatic heterocycles. The van der Waals surface area contributed by atoms with Crippen molar-refractivity contribution in [2.45, 2.75) is 25.0 Å². The van der Waals surface area contributed by atoms with Crippen LogP contribution in [0.3, 0.4) is 0 Å². The van der Waals surface area contributed by atoms with Crippen LogP contribution >= 0.6 is 15.9 Å². The van der Waals surface area contributed by atoms with Gasteiger partial charge in [0.05, 0.1) is 10.2 Å². The topological polar surface area (TPSA) is 55.2 Å². The van der Waals surface area contributed by atoms with Gasteiger partial charge in [-0.1, -0.05) is 12.8 Å². The molecule has 0 unspecified atom stereocenters. The number of sulfonamides is 1. The van der Waals surface area contributed by atoms with Crippen molar-refractivity contribution in [1.82, 2.24) is 14.1 Å². The van der Waals surface area contributed by atoms with Crippen LogP contribution in [-0.2, 0) is 22.8 Å². The summed E-state index contributed by atoms with van der Waals surface area (Å²) in [5.41, 5.74) is 0.566. The van der Waals surface area contributed by atoms with Crippen LogP contribution in [0.25, 0.3) is 0 Å². The Hall–Kier alpha value is -0.400. The summed E-state index contributed by atoms with van der Waals surface area (Å²) in [5, 5.41) is 4.15. The number of halogens is 1. The lowest BCUT2D eigenvalue weighted by atomic mass is 10.3. The Labute approximate surface area is 116 Å². The van der Waals surface area contributed by atoms with Crippen molar-refractivity contribution in [3.8, 4) is 0 Å². The molecule has 7 heteroatoms. The second kappa shape index (κ2) is 5.30. The van der Waals surface area contributed by atoms with E-state index in [0.29, 0.717) is 12.2 Å². The molecular formula is C11H18BrN3O2S. The summed E-state index contributed by atoms with van der Waals surface area (Å²) in [4.78, 5) is 0. The molecule has 2 rings (SSSR count). The van der Waals surface area contributed by atoms with Crippen LogP contribution in [0.2, 0.25) is 0 Å². The fourth-order valence-electron chi connectivity index (χ4n) is 1.80. The molecule has 1 heterocycles. The number of aryl methyl sites for hydroxylation is 1. The Morgan fingerprint density at radius 1 is 1.56 bits per heavy atom. The average molecular weight is 336 g/mol. The van der Waals surface area contributed by atoms with Gasteiger partial charge in [0, 0.05) is 26.8 Å². The van der Waals surface area contributed by atoms with Crippen molar-refractivity contribution < 1.29 is 8.42 Å². The Bertz CT molecular complexity index is 522. The quantitative estimate of drug-likeness (QED) is 0.795. The molecule has 102 valence electrons. The minimum Gasteiger partial charge on any atom is -0.274 e. The number of aromatic nitrogens is 2. The Morgan fingerprint density at radius 2 is 2.22 bits per heavy atom. The zero-order chi connectivity index (χ0) is 13.3. The number of nitrogens with zero attached hydrogens (tertiary/aromatic N) is 3. The number of rotatable bonds is 6. The third-order valence-corrected chi connectivity index (χ3v) is 5.63. The highest BCUT2D eigenvalue weighted by Gasteiger charge is 2.25. The molecule has 18 heavy (non-hydrogen) atoms. The van der Waals surface area contributed by atoms with Gasteiger partial charge in [-0.15, -0.1) is 0 Å². The van der Waals surface area contributed by atoms with Gasteiger partial charge in [-0.2, -0.15) is 5.10 Å². The fraction of sp³-hybridized carbons (Fsp3) is 0.727. The van der Waals surface area contributed by atoms with Crippen LogP contribution in [0.1, 0.15) is 25.0 Å². The summed E-state index contributed by atoms with van der Waals surface area (Å²) in [7, 11) is 0.160. The summed E-state index contributed by atoms with van der Waals surface area (Å²) in [6, 6.07) is 0. The van der Waals surface area contributed by atoms with Gasteiger partial charge in [-0.05, 0) is 28.3 Å². The minimum atomic E-state index is -3.26. The Morgan fingerprint density at radius 3 is 2.72 bits per heavy atom. The van der Waals surface area contributed by atoms with E-state index in [1.807, 2.05) is 0 Å². The van der Waals surface area contributed by atoms with Crippen molar-refractivity contribution in [2.75, 3.05) is 13.6 Å². The summed E-state index contributed by atoms with van der Waals surface area (Å²) in [6.45, 7) is 0.609. The largest absolute Gasteiger partial charge is 0.274 e. The molecule has 1 fully saturated rings. The van der Waals surface area contributed by atoms with Gasteiger partial charge < -0.3 is 0 Å². The first-order chi connectivity index (χ1) is 8.38. The lowest BCUT2D eigenvalue weighted by molar-refractivity contribution is 0.449. The van der Waals surface area contributed by atoms with Crippen LogP contribution in [-0.4, -0.2) is 36.1 Å². The molecule has 0 N–H and O–H groups in total. The molecule has 0 amide bonds. The highest BCUT2D eigenvalue weighted by molar-refractivity contribution is 9.10. The Balaban J connectivity index is 1.98. The van der Waals surface area contributed by atoms with Gasteiger partial charge >= 0.3 is 0 Å². The molecule has 0 aromatic carbocycles. The van der Waals surface area contributed by atoms with Gasteiger partial charge in [0.2, 0.25) is 10.0 Å². The van der Waals surface area contributed by atoms with Crippen LogP contribution < -0.4 is 0 Å². The van der Waals surface area contributed by atoms with Crippen molar-refractivity contribution in [2.24, 2.45) is 13.0 Å². The molecule has 0 radical (unpaired) electrons. The van der Waals surface area contributed by atoms with Gasteiger partial charge in [0.25, 0.3) is 0 Å². The first kappa shape index (κ1) is 14.0. The molecule has 1 aromatic rings. The molecule has 0 atom stereocenters. The molecule has 1 aliphatic rings. The van der Waals surface area contributed by atoms with Gasteiger partial charge in [-0.3, -0.25) is 4.68 Å². The van der Waals surface area contributed by atoms with Crippen LogP contribution in [0.15, 0.2) is 10.7 Å². The molecule has 1 aliphatic carbocycles. The fourth-order valence-corrected chi connectivity index (χ4v) is 3.66. The predicted molar refractivity (Wildman–Crippen MR) is 73.5 cm³/mol. The number of hydrogen-bond donors (Lipinski definition) is 0. The zero-order valence-electron chi connectivity index (χ0n) is 10.6. The van der Waals surface area contributed by atoms with E-state index in [-0.39, 0.29) is 5.75 Å². The van der Waals surface area contributed by atoms with E-state index in [4.69, 9.17) is 0 Å². The molecule has 0 saturated heterocycles. The van der Waals surface area contributed by atoms with Gasteiger partial charge in [-0.25, -0.2) is 12.7 Å². The summed E-state index contributed by atoms with van der Waals surface area (Å²) >= 11 is 3.32. The van der Waals surface area contributed by atoms with Crippen LogP contribution in [0.4, 0.5) is 0 Å². The smallest absolute Gasteiger partial charge is 0.219 e. The summed E-state index contributed by atoms with van der Waals surface area (Å²) in [6.07, 6.45) is 5.23. The zero-order valence-corrected chi connectivity index (χ0v) is 13.0. The van der Waals surface area contributed by atoms with Crippen LogP contribution in [0.5, 0.6) is 0 Å². The molecule has 5 nitrogen and oxygen atoms in total. The van der Waals surface area contributed by atoms with Crippen molar-refractivity contribution in [1.29, 1.82) is 0 Å². The average Bonchev–Trinajstić information content (AvgIpc) is 3.03. The molecule has 0 spiro atoms. The van der Waals surface area contributed by atoms with E-state index in [1.54, 1.807) is 25.0 Å². The van der Waals surface area contributed by atoms with E-state index in [2.05, 4.69) is 21.0 Å². The maximum atomic E-state index is 12.2. The van der Waals surface area contributed by atoms with Gasteiger partial charge in [0.1, 0.15) is 5.75 Å². The number of hydrogen-bond acceptors (Lipinski definition) is 3. The van der Waals surface area contributed by atoms with E-state index in [1.165, 1.54) is 17.1 Å². The maximum absolute atomic E-state index is 12.2. The standard InChI is InChI=1S/C11H18BrN3O2S/c1-14-7-10(12)11(13-14)8-18(16,17)15(2)6-5-9-3-4-9/h7,9H,3-6,8H2,1-2H3. The Kier molecular flexibility index (Phi) is 4.13. The van der Waals surface area contributed by atoms with E-state index in [9.17, 15) is 8.42 Å². The van der Waals surface area contributed by atoms with E-state index < -0.39 is 10.0 Å². The summed E-state index contributed by atoms with van der Waals surface area (Å²) in [5.74, 6) is 0.694. The third-order valence-electron chi connectivity index (χ3n) is 3.20. The molecule has 1 saturated carbocycles. The monoisotopic (exact) mass is 335 g/mol. The second-order valence-corrected chi connectivity index (χ2v) is 7.84. The molecule has 0 bridgehead atoms. The lowest BCUT2D eigenvalue weighted by Gasteiger charge is -2.16. The maximum Gasteiger partial charge on any atom is 0.219 e. The SMILES string of the molecule is CN(CCC1CC1)S(=O)(=O)Cc1nn(C)cc1Br. The highest BCUT2D eigenvalue weighted by atomic mass is 79.9. The van der Waals surface area contributed by atoms with E-state index in [0.717, 1.165) is 16.8 Å². The minimum absolute atomic E-state index is 0.0460. The van der Waals surface area contributed by atoms with Crippen molar-refractivity contribution in [3.63, 3.8) is 0 Å². The highest BCUT2D eigenvalue weighted by Crippen LogP contribution is 2.32. The van der Waals surface area contributed by atoms with E-state index >= 15 is 0 Å². The van der Waals surface area contributed by atoms with Crippen LogP contribution in [0, 0.1) is 5.92 Å².